The molecule has 1 saturated heterocycles. The molecular formula is C15H19N5O. The van der Waals surface area contributed by atoms with Crippen molar-refractivity contribution >= 4 is 5.95 Å². The second-order valence-electron chi connectivity index (χ2n) is 5.11. The van der Waals surface area contributed by atoms with Gasteiger partial charge in [-0.2, -0.15) is 0 Å². The van der Waals surface area contributed by atoms with E-state index in [1.807, 2.05) is 24.3 Å². The van der Waals surface area contributed by atoms with Crippen LogP contribution in [0.1, 0.15) is 11.8 Å². The van der Waals surface area contributed by atoms with Crippen molar-refractivity contribution in [3.05, 3.63) is 48.5 Å². The van der Waals surface area contributed by atoms with Gasteiger partial charge in [-0.3, -0.25) is 9.88 Å². The molecule has 2 aromatic rings. The molecule has 110 valence electrons. The van der Waals surface area contributed by atoms with E-state index in [0.29, 0.717) is 6.54 Å². The van der Waals surface area contributed by atoms with Gasteiger partial charge in [0.1, 0.15) is 6.10 Å². The molecule has 0 amide bonds. The summed E-state index contributed by atoms with van der Waals surface area (Å²) in [5.74, 6) is 0.780. The number of aliphatic hydroxyl groups excluding tert-OH is 1. The van der Waals surface area contributed by atoms with Gasteiger partial charge in [0.2, 0.25) is 5.95 Å². The number of aromatic nitrogens is 3. The van der Waals surface area contributed by atoms with Crippen LogP contribution in [0, 0.1) is 0 Å². The van der Waals surface area contributed by atoms with E-state index in [-0.39, 0.29) is 0 Å². The second-order valence-corrected chi connectivity index (χ2v) is 5.11. The third-order valence-corrected chi connectivity index (χ3v) is 3.67. The molecule has 0 aromatic carbocycles. The van der Waals surface area contributed by atoms with E-state index in [0.717, 1.165) is 37.8 Å². The lowest BCUT2D eigenvalue weighted by atomic mass is 10.2. The van der Waals surface area contributed by atoms with Crippen molar-refractivity contribution in [1.29, 1.82) is 0 Å². The predicted octanol–water partition coefficient (Wildman–Crippen LogP) is 0.727. The summed E-state index contributed by atoms with van der Waals surface area (Å²) < 4.78 is 0. The minimum atomic E-state index is -0.536. The molecule has 0 bridgehead atoms. The van der Waals surface area contributed by atoms with Gasteiger partial charge < -0.3 is 10.0 Å². The molecule has 21 heavy (non-hydrogen) atoms. The van der Waals surface area contributed by atoms with Gasteiger partial charge in [0.25, 0.3) is 0 Å². The minimum Gasteiger partial charge on any atom is -0.385 e. The Balaban J connectivity index is 1.52. The molecule has 1 atom stereocenters. The van der Waals surface area contributed by atoms with Crippen LogP contribution in [0.15, 0.2) is 42.9 Å². The Hall–Kier alpha value is -2.05. The first-order valence-electron chi connectivity index (χ1n) is 7.16. The molecule has 0 saturated carbocycles. The summed E-state index contributed by atoms with van der Waals surface area (Å²) in [6.45, 7) is 4.14. The Morgan fingerprint density at radius 2 is 1.67 bits per heavy atom. The van der Waals surface area contributed by atoms with E-state index in [2.05, 4.69) is 24.8 Å². The SMILES string of the molecule is OC(CN1CCN(c2ncccn2)CC1)c1ccccn1. The standard InChI is InChI=1S/C15H19N5O/c21-14(13-4-1-2-5-16-13)12-19-8-10-20(11-9-19)15-17-6-3-7-18-15/h1-7,14,21H,8-12H2. The van der Waals surface area contributed by atoms with Crippen molar-refractivity contribution in [3.8, 4) is 0 Å². The normalized spacial score (nSPS) is 17.7. The lowest BCUT2D eigenvalue weighted by Gasteiger charge is -2.35. The van der Waals surface area contributed by atoms with Crippen molar-refractivity contribution in [2.75, 3.05) is 37.6 Å². The largest absolute Gasteiger partial charge is 0.385 e. The zero-order valence-corrected chi connectivity index (χ0v) is 11.8. The van der Waals surface area contributed by atoms with Crippen LogP contribution in [-0.2, 0) is 0 Å². The van der Waals surface area contributed by atoms with Gasteiger partial charge in [-0.25, -0.2) is 9.97 Å². The number of hydrogen-bond donors (Lipinski definition) is 1. The van der Waals surface area contributed by atoms with Crippen LogP contribution in [0.2, 0.25) is 0 Å². The lowest BCUT2D eigenvalue weighted by molar-refractivity contribution is 0.106. The van der Waals surface area contributed by atoms with Gasteiger partial charge in [0.15, 0.2) is 0 Å². The monoisotopic (exact) mass is 285 g/mol. The van der Waals surface area contributed by atoms with Crippen molar-refractivity contribution in [3.63, 3.8) is 0 Å². The van der Waals surface area contributed by atoms with Crippen LogP contribution in [0.3, 0.4) is 0 Å². The summed E-state index contributed by atoms with van der Waals surface area (Å²) in [5.41, 5.74) is 0.728. The highest BCUT2D eigenvalue weighted by atomic mass is 16.3. The van der Waals surface area contributed by atoms with Crippen LogP contribution >= 0.6 is 0 Å². The number of nitrogens with zero attached hydrogens (tertiary/aromatic N) is 5. The fraction of sp³-hybridized carbons (Fsp3) is 0.400. The van der Waals surface area contributed by atoms with Gasteiger partial charge in [-0.05, 0) is 18.2 Å². The molecular weight excluding hydrogens is 266 g/mol. The van der Waals surface area contributed by atoms with Gasteiger partial charge in [-0.15, -0.1) is 0 Å². The summed E-state index contributed by atoms with van der Waals surface area (Å²) in [4.78, 5) is 17.2. The maximum absolute atomic E-state index is 10.2. The van der Waals surface area contributed by atoms with Crippen molar-refractivity contribution in [1.82, 2.24) is 19.9 Å². The van der Waals surface area contributed by atoms with Crippen LogP contribution in [0.25, 0.3) is 0 Å². The van der Waals surface area contributed by atoms with Crippen LogP contribution in [-0.4, -0.2) is 57.7 Å². The van der Waals surface area contributed by atoms with Crippen LogP contribution < -0.4 is 4.90 Å². The molecule has 0 radical (unpaired) electrons. The minimum absolute atomic E-state index is 0.536. The molecule has 0 aliphatic carbocycles. The smallest absolute Gasteiger partial charge is 0.225 e. The summed E-state index contributed by atoms with van der Waals surface area (Å²) in [7, 11) is 0. The summed E-state index contributed by atoms with van der Waals surface area (Å²) in [6, 6.07) is 7.44. The average molecular weight is 285 g/mol. The van der Waals surface area contributed by atoms with Gasteiger partial charge >= 0.3 is 0 Å². The number of rotatable bonds is 4. The van der Waals surface area contributed by atoms with Crippen molar-refractivity contribution < 1.29 is 5.11 Å². The summed E-state index contributed by atoms with van der Waals surface area (Å²) in [6.07, 6.45) is 4.70. The summed E-state index contributed by atoms with van der Waals surface area (Å²) >= 11 is 0. The second kappa shape index (κ2) is 6.60. The fourth-order valence-corrected chi connectivity index (χ4v) is 2.50. The number of hydrogen-bond acceptors (Lipinski definition) is 6. The van der Waals surface area contributed by atoms with Crippen LogP contribution in [0.4, 0.5) is 5.95 Å². The van der Waals surface area contributed by atoms with Gasteiger partial charge in [0.05, 0.1) is 5.69 Å². The topological polar surface area (TPSA) is 65.4 Å². The number of β-amino-alcohol motifs (C(OH)–C–C–N with tert-alkyl or cyclic N) is 1. The number of anilines is 1. The maximum Gasteiger partial charge on any atom is 0.225 e. The Bertz CT molecular complexity index is 543. The molecule has 6 nitrogen and oxygen atoms in total. The first kappa shape index (κ1) is 13.9. The number of aliphatic hydroxyl groups is 1. The number of piperazine rings is 1. The molecule has 6 heteroatoms. The zero-order valence-electron chi connectivity index (χ0n) is 11.8. The first-order valence-corrected chi connectivity index (χ1v) is 7.16. The quantitative estimate of drug-likeness (QED) is 0.893. The molecule has 3 heterocycles. The highest BCUT2D eigenvalue weighted by Gasteiger charge is 2.21. The lowest BCUT2D eigenvalue weighted by Crippen LogP contribution is -2.48. The zero-order chi connectivity index (χ0) is 14.5. The van der Waals surface area contributed by atoms with Crippen LogP contribution in [0.5, 0.6) is 0 Å². The van der Waals surface area contributed by atoms with E-state index in [1.165, 1.54) is 0 Å². The third-order valence-electron chi connectivity index (χ3n) is 3.67. The molecule has 1 N–H and O–H groups in total. The molecule has 3 rings (SSSR count). The van der Waals surface area contributed by atoms with E-state index < -0.39 is 6.10 Å². The molecule has 0 spiro atoms. The van der Waals surface area contributed by atoms with Gasteiger partial charge in [0, 0.05) is 51.3 Å². The fourth-order valence-electron chi connectivity index (χ4n) is 2.50. The number of pyridine rings is 1. The highest BCUT2D eigenvalue weighted by Crippen LogP contribution is 2.14. The molecule has 2 aromatic heterocycles. The van der Waals surface area contributed by atoms with Crippen molar-refractivity contribution in [2.24, 2.45) is 0 Å². The summed E-state index contributed by atoms with van der Waals surface area (Å²) in [5, 5.41) is 10.2. The molecule has 1 aliphatic heterocycles. The van der Waals surface area contributed by atoms with E-state index in [9.17, 15) is 5.11 Å². The van der Waals surface area contributed by atoms with E-state index in [4.69, 9.17) is 0 Å². The highest BCUT2D eigenvalue weighted by molar-refractivity contribution is 5.29. The Morgan fingerprint density at radius 3 is 2.33 bits per heavy atom. The maximum atomic E-state index is 10.2. The third kappa shape index (κ3) is 3.53. The molecule has 1 fully saturated rings. The predicted molar refractivity (Wildman–Crippen MR) is 79.9 cm³/mol. The Labute approximate surface area is 124 Å². The Morgan fingerprint density at radius 1 is 0.952 bits per heavy atom. The van der Waals surface area contributed by atoms with Crippen molar-refractivity contribution in [2.45, 2.75) is 6.10 Å². The Kier molecular flexibility index (Phi) is 4.37. The average Bonchev–Trinajstić information content (AvgIpc) is 2.57. The van der Waals surface area contributed by atoms with E-state index in [1.54, 1.807) is 18.6 Å². The molecule has 1 unspecified atom stereocenters. The molecule has 1 aliphatic rings. The van der Waals surface area contributed by atoms with Gasteiger partial charge in [-0.1, -0.05) is 6.07 Å². The van der Waals surface area contributed by atoms with E-state index >= 15 is 0 Å². The first-order chi connectivity index (χ1) is 10.3.